The Morgan fingerprint density at radius 3 is 2.59 bits per heavy atom. The molecule has 0 bridgehead atoms. The molecule has 0 N–H and O–H groups in total. The van der Waals surface area contributed by atoms with Crippen LogP contribution in [0, 0.1) is 0 Å². The molecule has 112 valence electrons. The Morgan fingerprint density at radius 1 is 1.09 bits per heavy atom. The molecule has 1 aliphatic carbocycles. The van der Waals surface area contributed by atoms with Crippen LogP contribution in [-0.4, -0.2) is 23.0 Å². The molecule has 1 aromatic carbocycles. The van der Waals surface area contributed by atoms with Crippen molar-refractivity contribution in [1.82, 2.24) is 4.98 Å². The van der Waals surface area contributed by atoms with Gasteiger partial charge in [-0.3, -0.25) is 14.6 Å². The lowest BCUT2D eigenvalue weighted by atomic mass is 9.90. The van der Waals surface area contributed by atoms with Gasteiger partial charge < -0.3 is 9.47 Å². The summed E-state index contributed by atoms with van der Waals surface area (Å²) in [4.78, 5) is 27.0. The van der Waals surface area contributed by atoms with Crippen LogP contribution in [0.25, 0.3) is 17.0 Å². The van der Waals surface area contributed by atoms with E-state index in [1.165, 1.54) is 13.8 Å². The zero-order valence-electron chi connectivity index (χ0n) is 12.3. The van der Waals surface area contributed by atoms with Crippen LogP contribution in [0.5, 0.6) is 0 Å². The third-order valence-corrected chi connectivity index (χ3v) is 3.51. The normalized spacial score (nSPS) is 19.5. The second kappa shape index (κ2) is 5.60. The van der Waals surface area contributed by atoms with Crippen molar-refractivity contribution in [2.24, 2.45) is 0 Å². The number of fused-ring (bicyclic) bond motifs is 3. The van der Waals surface area contributed by atoms with E-state index in [1.807, 2.05) is 30.3 Å². The van der Waals surface area contributed by atoms with E-state index in [0.717, 1.165) is 22.0 Å². The summed E-state index contributed by atoms with van der Waals surface area (Å²) in [7, 11) is 0. The Balaban J connectivity index is 2.12. The van der Waals surface area contributed by atoms with E-state index in [-0.39, 0.29) is 0 Å². The summed E-state index contributed by atoms with van der Waals surface area (Å²) in [5.74, 6) is -0.840. The molecule has 0 saturated carbocycles. The number of aromatic nitrogens is 1. The minimum atomic E-state index is -0.647. The van der Waals surface area contributed by atoms with E-state index >= 15 is 0 Å². The lowest BCUT2D eigenvalue weighted by Crippen LogP contribution is -2.28. The van der Waals surface area contributed by atoms with E-state index in [2.05, 4.69) is 4.98 Å². The zero-order chi connectivity index (χ0) is 15.7. The van der Waals surface area contributed by atoms with Gasteiger partial charge in [0.1, 0.15) is 0 Å². The minimum Gasteiger partial charge on any atom is -0.454 e. The standard InChI is InChI=1S/C17H15NO4/c1-10(19)21-16-8-6-12-13-4-3-9-18-15(13)7-5-14(12)17(16)22-11(2)20/h3-9,16-17H,1-2H3/t16-,17-/m0/s1. The number of ether oxygens (including phenoxy) is 2. The number of carbonyl (C=O) groups is 2. The van der Waals surface area contributed by atoms with Gasteiger partial charge in [-0.1, -0.05) is 18.2 Å². The molecule has 2 atom stereocenters. The second-order valence-electron chi connectivity index (χ2n) is 5.10. The molecule has 0 spiro atoms. The number of hydrogen-bond acceptors (Lipinski definition) is 5. The van der Waals surface area contributed by atoms with Crippen LogP contribution in [0.3, 0.4) is 0 Å². The molecular formula is C17H15NO4. The number of esters is 2. The summed E-state index contributed by atoms with van der Waals surface area (Å²) < 4.78 is 10.6. The molecule has 5 nitrogen and oxygen atoms in total. The monoisotopic (exact) mass is 297 g/mol. The first kappa shape index (κ1) is 14.3. The first-order valence-electron chi connectivity index (χ1n) is 6.96. The molecule has 0 unspecified atom stereocenters. The van der Waals surface area contributed by atoms with E-state index in [1.54, 1.807) is 12.3 Å². The topological polar surface area (TPSA) is 65.5 Å². The number of rotatable bonds is 2. The quantitative estimate of drug-likeness (QED) is 0.797. The average Bonchev–Trinajstić information content (AvgIpc) is 2.48. The second-order valence-corrected chi connectivity index (χ2v) is 5.10. The van der Waals surface area contributed by atoms with Crippen molar-refractivity contribution < 1.29 is 19.1 Å². The smallest absolute Gasteiger partial charge is 0.303 e. The molecule has 1 heterocycles. The highest BCUT2D eigenvalue weighted by Gasteiger charge is 2.32. The van der Waals surface area contributed by atoms with Gasteiger partial charge in [0.2, 0.25) is 0 Å². The molecule has 0 amide bonds. The van der Waals surface area contributed by atoms with Gasteiger partial charge in [0.05, 0.1) is 5.52 Å². The molecule has 0 saturated heterocycles. The van der Waals surface area contributed by atoms with Crippen LogP contribution in [-0.2, 0) is 19.1 Å². The van der Waals surface area contributed by atoms with Gasteiger partial charge in [0.25, 0.3) is 0 Å². The maximum Gasteiger partial charge on any atom is 0.303 e. The van der Waals surface area contributed by atoms with Gasteiger partial charge in [-0.05, 0) is 23.8 Å². The van der Waals surface area contributed by atoms with E-state index in [0.29, 0.717) is 0 Å². The van der Waals surface area contributed by atoms with Crippen molar-refractivity contribution in [3.05, 3.63) is 47.7 Å². The summed E-state index contributed by atoms with van der Waals surface area (Å²) >= 11 is 0. The van der Waals surface area contributed by atoms with Crippen LogP contribution < -0.4 is 0 Å². The predicted molar refractivity (Wildman–Crippen MR) is 80.8 cm³/mol. The molecule has 5 heteroatoms. The highest BCUT2D eigenvalue weighted by atomic mass is 16.6. The van der Waals surface area contributed by atoms with Crippen LogP contribution in [0.15, 0.2) is 36.5 Å². The van der Waals surface area contributed by atoms with Crippen molar-refractivity contribution in [2.45, 2.75) is 26.1 Å². The SMILES string of the molecule is CC(=O)O[C@H]1C=Cc2c(ccc3ncccc23)[C@@H]1OC(C)=O. The first-order chi connectivity index (χ1) is 10.6. The minimum absolute atomic E-state index is 0.419. The molecule has 2 aromatic rings. The van der Waals surface area contributed by atoms with Crippen molar-refractivity contribution in [3.63, 3.8) is 0 Å². The average molecular weight is 297 g/mol. The molecular weight excluding hydrogens is 282 g/mol. The van der Waals surface area contributed by atoms with Crippen LogP contribution in [0.1, 0.15) is 31.1 Å². The van der Waals surface area contributed by atoms with Gasteiger partial charge in [-0.15, -0.1) is 0 Å². The number of benzene rings is 1. The van der Waals surface area contributed by atoms with Crippen molar-refractivity contribution in [2.75, 3.05) is 0 Å². The van der Waals surface area contributed by atoms with Gasteiger partial charge in [-0.25, -0.2) is 0 Å². The van der Waals surface area contributed by atoms with Crippen molar-refractivity contribution in [1.29, 1.82) is 0 Å². The van der Waals surface area contributed by atoms with Crippen LogP contribution in [0.4, 0.5) is 0 Å². The summed E-state index contributed by atoms with van der Waals surface area (Å²) in [5.41, 5.74) is 2.60. The van der Waals surface area contributed by atoms with Gasteiger partial charge in [-0.2, -0.15) is 0 Å². The van der Waals surface area contributed by atoms with Crippen LogP contribution >= 0.6 is 0 Å². The van der Waals surface area contributed by atoms with Crippen molar-refractivity contribution >= 4 is 28.9 Å². The Hall–Kier alpha value is -2.69. The van der Waals surface area contributed by atoms with Gasteiger partial charge in [0.15, 0.2) is 12.2 Å². The van der Waals surface area contributed by atoms with E-state index in [9.17, 15) is 9.59 Å². The Morgan fingerprint density at radius 2 is 1.86 bits per heavy atom. The molecule has 1 aliphatic rings. The van der Waals surface area contributed by atoms with E-state index in [4.69, 9.17) is 9.47 Å². The number of hydrogen-bond donors (Lipinski definition) is 0. The summed E-state index contributed by atoms with van der Waals surface area (Å²) in [6, 6.07) is 7.55. The first-order valence-corrected chi connectivity index (χ1v) is 6.96. The Bertz CT molecular complexity index is 781. The summed E-state index contributed by atoms with van der Waals surface area (Å²) in [6.45, 7) is 2.67. The molecule has 3 rings (SSSR count). The van der Waals surface area contributed by atoms with Crippen molar-refractivity contribution in [3.8, 4) is 0 Å². The number of pyridine rings is 1. The van der Waals surface area contributed by atoms with Crippen LogP contribution in [0.2, 0.25) is 0 Å². The maximum atomic E-state index is 11.4. The van der Waals surface area contributed by atoms with E-state index < -0.39 is 24.1 Å². The van der Waals surface area contributed by atoms with Gasteiger partial charge in [0, 0.05) is 31.0 Å². The fraction of sp³-hybridized carbons (Fsp3) is 0.235. The van der Waals surface area contributed by atoms with Gasteiger partial charge >= 0.3 is 11.9 Å². The number of nitrogens with zero attached hydrogens (tertiary/aromatic N) is 1. The maximum absolute atomic E-state index is 11.4. The third kappa shape index (κ3) is 2.57. The summed E-state index contributed by atoms with van der Waals surface area (Å²) in [6.07, 6.45) is 4.08. The predicted octanol–water partition coefficient (Wildman–Crippen LogP) is 2.80. The highest BCUT2D eigenvalue weighted by Crippen LogP contribution is 2.36. The summed E-state index contributed by atoms with van der Waals surface area (Å²) in [5, 5.41) is 0.967. The molecule has 0 radical (unpaired) electrons. The largest absolute Gasteiger partial charge is 0.454 e. The lowest BCUT2D eigenvalue weighted by molar-refractivity contribution is -0.162. The molecule has 1 aromatic heterocycles. The number of carbonyl (C=O) groups excluding carboxylic acids is 2. The molecule has 0 fully saturated rings. The molecule has 0 aliphatic heterocycles. The molecule has 22 heavy (non-hydrogen) atoms. The fourth-order valence-electron chi connectivity index (χ4n) is 2.70. The Kier molecular flexibility index (Phi) is 3.63. The highest BCUT2D eigenvalue weighted by molar-refractivity contribution is 5.90. The Labute approximate surface area is 127 Å². The zero-order valence-corrected chi connectivity index (χ0v) is 12.3. The lowest BCUT2D eigenvalue weighted by Gasteiger charge is -2.29. The fourth-order valence-corrected chi connectivity index (χ4v) is 2.70. The third-order valence-electron chi connectivity index (χ3n) is 3.51.